The molecule has 0 spiro atoms. The summed E-state index contributed by atoms with van der Waals surface area (Å²) in [7, 11) is -3.66. The van der Waals surface area contributed by atoms with Gasteiger partial charge in [0.05, 0.1) is 4.90 Å². The van der Waals surface area contributed by atoms with Gasteiger partial charge in [0.15, 0.2) is 0 Å². The molecule has 1 heterocycles. The van der Waals surface area contributed by atoms with Crippen LogP contribution in [0.2, 0.25) is 0 Å². The summed E-state index contributed by atoms with van der Waals surface area (Å²) in [6, 6.07) is 20.2. The van der Waals surface area contributed by atoms with Crippen LogP contribution in [0.3, 0.4) is 0 Å². The highest BCUT2D eigenvalue weighted by molar-refractivity contribution is 7.92. The lowest BCUT2D eigenvalue weighted by Gasteiger charge is -2.11. The fourth-order valence-electron chi connectivity index (χ4n) is 2.54. The first-order valence-electron chi connectivity index (χ1n) is 7.58. The molecule has 0 radical (unpaired) electrons. The number of nitrogens with zero attached hydrogens (tertiary/aromatic N) is 1. The number of aryl methyl sites for hydroxylation is 2. The van der Waals surface area contributed by atoms with Crippen LogP contribution in [0.15, 0.2) is 71.6 Å². The molecule has 2 aromatic carbocycles. The van der Waals surface area contributed by atoms with Gasteiger partial charge in [0, 0.05) is 5.69 Å². The molecule has 0 bridgehead atoms. The lowest BCUT2D eigenvalue weighted by Crippen LogP contribution is -2.14. The maximum absolute atomic E-state index is 12.6. The van der Waals surface area contributed by atoms with Crippen LogP contribution in [0.4, 0.5) is 5.82 Å². The van der Waals surface area contributed by atoms with E-state index >= 15 is 0 Å². The quantitative estimate of drug-likeness (QED) is 0.777. The van der Waals surface area contributed by atoms with Crippen LogP contribution in [0.25, 0.3) is 11.1 Å². The fraction of sp³-hybridized carbons (Fsp3) is 0.105. The second kappa shape index (κ2) is 6.45. The van der Waals surface area contributed by atoms with Crippen LogP contribution in [-0.2, 0) is 10.0 Å². The predicted molar refractivity (Wildman–Crippen MR) is 96.4 cm³/mol. The van der Waals surface area contributed by atoms with Crippen molar-refractivity contribution in [3.8, 4) is 11.1 Å². The second-order valence-electron chi connectivity index (χ2n) is 5.61. The van der Waals surface area contributed by atoms with Crippen molar-refractivity contribution in [2.45, 2.75) is 18.7 Å². The summed E-state index contributed by atoms with van der Waals surface area (Å²) < 4.78 is 27.6. The monoisotopic (exact) mass is 338 g/mol. The molecule has 0 aliphatic heterocycles. The van der Waals surface area contributed by atoms with Gasteiger partial charge in [0.2, 0.25) is 0 Å². The lowest BCUT2D eigenvalue weighted by molar-refractivity contribution is 0.601. The second-order valence-corrected chi connectivity index (χ2v) is 7.29. The molecule has 4 nitrogen and oxygen atoms in total. The van der Waals surface area contributed by atoms with Gasteiger partial charge >= 0.3 is 0 Å². The van der Waals surface area contributed by atoms with Gasteiger partial charge in [-0.1, -0.05) is 42.5 Å². The molecule has 3 rings (SSSR count). The maximum atomic E-state index is 12.6. The van der Waals surface area contributed by atoms with Crippen molar-refractivity contribution in [2.75, 3.05) is 4.72 Å². The molecule has 5 heteroatoms. The zero-order valence-electron chi connectivity index (χ0n) is 13.5. The van der Waals surface area contributed by atoms with Crippen LogP contribution >= 0.6 is 0 Å². The maximum Gasteiger partial charge on any atom is 0.263 e. The number of hydrogen-bond donors (Lipinski definition) is 1. The Kier molecular flexibility index (Phi) is 4.36. The van der Waals surface area contributed by atoms with E-state index in [4.69, 9.17) is 0 Å². The van der Waals surface area contributed by atoms with Crippen molar-refractivity contribution in [1.29, 1.82) is 0 Å². The lowest BCUT2D eigenvalue weighted by atomic mass is 10.0. The fourth-order valence-corrected chi connectivity index (χ4v) is 3.63. The summed E-state index contributed by atoms with van der Waals surface area (Å²) >= 11 is 0. The van der Waals surface area contributed by atoms with Gasteiger partial charge in [0.25, 0.3) is 10.0 Å². The summed E-state index contributed by atoms with van der Waals surface area (Å²) in [6.45, 7) is 3.73. The van der Waals surface area contributed by atoms with Gasteiger partial charge in [-0.15, -0.1) is 0 Å². The number of benzene rings is 2. The minimum Gasteiger partial charge on any atom is -0.263 e. The molecule has 0 aliphatic rings. The molecule has 1 N–H and O–H groups in total. The highest BCUT2D eigenvalue weighted by Crippen LogP contribution is 2.26. The van der Waals surface area contributed by atoms with E-state index in [2.05, 4.69) is 9.71 Å². The molecular weight excluding hydrogens is 320 g/mol. The summed E-state index contributed by atoms with van der Waals surface area (Å²) in [6.07, 6.45) is 0. The summed E-state index contributed by atoms with van der Waals surface area (Å²) in [5.41, 5.74) is 3.74. The summed E-state index contributed by atoms with van der Waals surface area (Å²) in [5.74, 6) is 0.319. The van der Waals surface area contributed by atoms with Gasteiger partial charge in [-0.3, -0.25) is 4.72 Å². The molecule has 0 atom stereocenters. The van der Waals surface area contributed by atoms with Crippen LogP contribution in [0.1, 0.15) is 11.3 Å². The van der Waals surface area contributed by atoms with Gasteiger partial charge in [0.1, 0.15) is 5.82 Å². The molecule has 0 saturated heterocycles. The molecule has 24 heavy (non-hydrogen) atoms. The van der Waals surface area contributed by atoms with Crippen molar-refractivity contribution < 1.29 is 8.42 Å². The molecule has 0 fully saturated rings. The van der Waals surface area contributed by atoms with Gasteiger partial charge in [-0.25, -0.2) is 13.4 Å². The number of aromatic nitrogens is 1. The van der Waals surface area contributed by atoms with Crippen LogP contribution < -0.4 is 4.72 Å². The molecule has 0 saturated carbocycles. The number of hydrogen-bond acceptors (Lipinski definition) is 3. The van der Waals surface area contributed by atoms with E-state index in [1.807, 2.05) is 56.3 Å². The van der Waals surface area contributed by atoms with E-state index in [-0.39, 0.29) is 4.90 Å². The standard InChI is InChI=1S/C19H18N2O2S/c1-14-13-17(11-12-18(14)16-8-4-3-5-9-16)24(22,23)21-19-10-6-7-15(2)20-19/h3-13H,1-2H3,(H,20,21). The van der Waals surface area contributed by atoms with Crippen LogP contribution in [0, 0.1) is 13.8 Å². The number of pyridine rings is 1. The molecule has 3 aromatic rings. The first-order valence-corrected chi connectivity index (χ1v) is 9.06. The van der Waals surface area contributed by atoms with E-state index in [1.165, 1.54) is 0 Å². The van der Waals surface area contributed by atoms with E-state index in [0.29, 0.717) is 5.82 Å². The average molecular weight is 338 g/mol. The Labute approximate surface area is 142 Å². The minimum atomic E-state index is -3.66. The van der Waals surface area contributed by atoms with Gasteiger partial charge < -0.3 is 0 Å². The molecule has 0 amide bonds. The van der Waals surface area contributed by atoms with Crippen molar-refractivity contribution in [3.05, 3.63) is 78.0 Å². The number of nitrogens with one attached hydrogen (secondary N) is 1. The van der Waals surface area contributed by atoms with E-state index in [0.717, 1.165) is 22.4 Å². The Hall–Kier alpha value is -2.66. The normalized spacial score (nSPS) is 11.2. The van der Waals surface area contributed by atoms with Gasteiger partial charge in [-0.05, 0) is 54.8 Å². The van der Waals surface area contributed by atoms with Crippen molar-refractivity contribution in [3.63, 3.8) is 0 Å². The van der Waals surface area contributed by atoms with Crippen LogP contribution in [-0.4, -0.2) is 13.4 Å². The Balaban J connectivity index is 1.93. The molecule has 0 unspecified atom stereocenters. The van der Waals surface area contributed by atoms with E-state index in [1.54, 1.807) is 24.3 Å². The third kappa shape index (κ3) is 3.46. The third-order valence-corrected chi connectivity index (χ3v) is 5.07. The SMILES string of the molecule is Cc1cccc(NS(=O)(=O)c2ccc(-c3ccccc3)c(C)c2)n1. The Morgan fingerprint density at radius 3 is 2.29 bits per heavy atom. The highest BCUT2D eigenvalue weighted by atomic mass is 32.2. The van der Waals surface area contributed by atoms with E-state index < -0.39 is 10.0 Å². The number of anilines is 1. The summed E-state index contributed by atoms with van der Waals surface area (Å²) in [5, 5.41) is 0. The molecule has 0 aliphatic carbocycles. The van der Waals surface area contributed by atoms with E-state index in [9.17, 15) is 8.42 Å². The van der Waals surface area contributed by atoms with Crippen LogP contribution in [0.5, 0.6) is 0 Å². The zero-order valence-corrected chi connectivity index (χ0v) is 14.3. The van der Waals surface area contributed by atoms with Crippen molar-refractivity contribution >= 4 is 15.8 Å². The third-order valence-electron chi connectivity index (χ3n) is 3.72. The molecule has 122 valence electrons. The smallest absolute Gasteiger partial charge is 0.263 e. The predicted octanol–water partition coefficient (Wildman–Crippen LogP) is 4.17. The van der Waals surface area contributed by atoms with Gasteiger partial charge in [-0.2, -0.15) is 0 Å². The largest absolute Gasteiger partial charge is 0.263 e. The summed E-state index contributed by atoms with van der Waals surface area (Å²) in [4.78, 5) is 4.41. The Bertz CT molecular complexity index is 968. The minimum absolute atomic E-state index is 0.225. The average Bonchev–Trinajstić information content (AvgIpc) is 2.55. The zero-order chi connectivity index (χ0) is 17.2. The Morgan fingerprint density at radius 2 is 1.62 bits per heavy atom. The number of sulfonamides is 1. The Morgan fingerprint density at radius 1 is 0.875 bits per heavy atom. The first-order chi connectivity index (χ1) is 11.5. The molecule has 1 aromatic heterocycles. The first kappa shape index (κ1) is 16.2. The number of rotatable bonds is 4. The highest BCUT2D eigenvalue weighted by Gasteiger charge is 2.16. The molecular formula is C19H18N2O2S. The van der Waals surface area contributed by atoms with Crippen molar-refractivity contribution in [2.24, 2.45) is 0 Å². The topological polar surface area (TPSA) is 59.1 Å². The van der Waals surface area contributed by atoms with Crippen molar-refractivity contribution in [1.82, 2.24) is 4.98 Å².